The Balaban J connectivity index is 1.93. The van der Waals surface area contributed by atoms with E-state index in [2.05, 4.69) is 20.6 Å². The molecule has 0 unspecified atom stereocenters. The van der Waals surface area contributed by atoms with Gasteiger partial charge in [0.2, 0.25) is 5.60 Å². The van der Waals surface area contributed by atoms with Crippen molar-refractivity contribution in [3.8, 4) is 6.07 Å². The Hall–Kier alpha value is -4.33. The van der Waals surface area contributed by atoms with E-state index >= 15 is 0 Å². The van der Waals surface area contributed by atoms with Gasteiger partial charge in [-0.1, -0.05) is 26.7 Å². The molecule has 3 rings (SSSR count). The number of amides is 2. The third-order valence-corrected chi connectivity index (χ3v) is 8.60. The van der Waals surface area contributed by atoms with Crippen LogP contribution < -0.4 is 10.6 Å². The fourth-order valence-corrected chi connectivity index (χ4v) is 5.95. The number of aliphatic hydroxyl groups excluding tert-OH is 1. The first kappa shape index (κ1) is 41.1. The van der Waals surface area contributed by atoms with Gasteiger partial charge >= 0.3 is 18.0 Å². The predicted octanol–water partition coefficient (Wildman–Crippen LogP) is 3.36. The number of hydrogen-bond donors (Lipinski definition) is 5. The topological polar surface area (TPSA) is 235 Å². The second kappa shape index (κ2) is 17.3. The maximum absolute atomic E-state index is 13.6. The molecule has 2 amide bonds. The highest BCUT2D eigenvalue weighted by Gasteiger charge is 2.59. The number of carbonyl (C=O) groups is 4. The van der Waals surface area contributed by atoms with E-state index in [1.165, 1.54) is 12.1 Å². The van der Waals surface area contributed by atoms with Gasteiger partial charge in [0.05, 0.1) is 11.4 Å². The zero-order chi connectivity index (χ0) is 38.1. The first-order chi connectivity index (χ1) is 23.9. The summed E-state index contributed by atoms with van der Waals surface area (Å²) in [6.07, 6.45) is -0.736. The molecule has 1 saturated carbocycles. The number of nitrogens with zero attached hydrogens (tertiary/aromatic N) is 2. The number of carbonyl (C=O) groups excluding carboxylic acids is 4. The van der Waals surface area contributed by atoms with E-state index in [-0.39, 0.29) is 36.2 Å². The molecule has 1 aliphatic heterocycles. The van der Waals surface area contributed by atoms with Crippen LogP contribution >= 0.6 is 0 Å². The first-order valence-electron chi connectivity index (χ1n) is 17.2. The highest BCUT2D eigenvalue weighted by Crippen LogP contribution is 2.41. The standard InChI is InChI=1S/C35H52N6O10/c1-9-48-34(7,8)31(45)41-29(38-19-37)22-14-15-24(39-22)35(18-36)28(43)27(23(50-35)17-47-25(42)16-21-12-10-11-13-21)49-30(44)26(20(2)3)40-32(46)51-33(4,5)6/h14-15,19-21,23,26-28,39,43H,9-13,16-17H2,1-8H3,(H,40,46)(H2,37,38,41,45)/t23-,26+,27-,28-,35+/m1/s1. The molecule has 0 spiro atoms. The fraction of sp³-hybridized carbons (Fsp3) is 0.686. The summed E-state index contributed by atoms with van der Waals surface area (Å²) in [5.74, 6) is -2.35. The Kier molecular flexibility index (Phi) is 13.9. The third kappa shape index (κ3) is 10.6. The number of amidine groups is 1. The van der Waals surface area contributed by atoms with Gasteiger partial charge in [0.25, 0.3) is 5.91 Å². The van der Waals surface area contributed by atoms with Crippen LogP contribution in [0.1, 0.15) is 98.9 Å². The van der Waals surface area contributed by atoms with Crippen molar-refractivity contribution in [1.82, 2.24) is 15.6 Å². The normalized spacial score (nSPS) is 23.3. The molecule has 2 fully saturated rings. The molecule has 2 aliphatic rings. The number of esters is 2. The van der Waals surface area contributed by atoms with Crippen LogP contribution in [0.3, 0.4) is 0 Å². The highest BCUT2D eigenvalue weighted by molar-refractivity contribution is 6.10. The number of ether oxygens (including phenoxy) is 5. The lowest BCUT2D eigenvalue weighted by Gasteiger charge is -2.28. The number of aromatic amines is 1. The number of aromatic nitrogens is 1. The Morgan fingerprint density at radius 3 is 2.43 bits per heavy atom. The first-order valence-corrected chi connectivity index (χ1v) is 17.2. The van der Waals surface area contributed by atoms with Gasteiger partial charge < -0.3 is 44.4 Å². The van der Waals surface area contributed by atoms with Crippen LogP contribution in [0.15, 0.2) is 17.1 Å². The van der Waals surface area contributed by atoms with Gasteiger partial charge in [0.15, 0.2) is 11.9 Å². The van der Waals surface area contributed by atoms with Crippen molar-refractivity contribution in [2.24, 2.45) is 16.8 Å². The van der Waals surface area contributed by atoms with Crippen molar-refractivity contribution in [3.05, 3.63) is 23.5 Å². The van der Waals surface area contributed by atoms with Crippen LogP contribution in [0.5, 0.6) is 0 Å². The third-order valence-electron chi connectivity index (χ3n) is 8.60. The molecule has 1 aliphatic carbocycles. The van der Waals surface area contributed by atoms with Crippen molar-refractivity contribution in [3.63, 3.8) is 0 Å². The maximum Gasteiger partial charge on any atom is 0.408 e. The van der Waals surface area contributed by atoms with Crippen molar-refractivity contribution in [1.29, 1.82) is 10.7 Å². The Bertz CT molecular complexity index is 1490. The molecule has 16 heteroatoms. The molecule has 16 nitrogen and oxygen atoms in total. The SMILES string of the molecule is CCOC(C)(C)C(=O)N/C(=N/C=N)c1ccc([C@]2(C#N)O[C@H](COC(=O)CC3CCCC3)[C@@H](OC(=O)[C@@H](NC(=O)OC(C)(C)C)C(C)C)[C@H]2O)[nH]1. The van der Waals surface area contributed by atoms with Crippen molar-refractivity contribution >= 4 is 36.1 Å². The molecule has 282 valence electrons. The molecular formula is C35H52N6O10. The van der Waals surface area contributed by atoms with Crippen LogP contribution in [-0.2, 0) is 43.7 Å². The van der Waals surface area contributed by atoms with E-state index in [1.807, 2.05) is 6.07 Å². The average molecular weight is 717 g/mol. The zero-order valence-corrected chi connectivity index (χ0v) is 30.7. The summed E-state index contributed by atoms with van der Waals surface area (Å²) in [6, 6.07) is 3.64. The molecular weight excluding hydrogens is 664 g/mol. The molecule has 1 saturated heterocycles. The molecule has 2 heterocycles. The summed E-state index contributed by atoms with van der Waals surface area (Å²) in [7, 11) is 0. The lowest BCUT2D eigenvalue weighted by molar-refractivity contribution is -0.163. The largest absolute Gasteiger partial charge is 0.463 e. The Morgan fingerprint density at radius 1 is 1.20 bits per heavy atom. The monoisotopic (exact) mass is 716 g/mol. The van der Waals surface area contributed by atoms with E-state index in [0.717, 1.165) is 25.7 Å². The number of aliphatic imine (C=N–C) groups is 1. The minimum absolute atomic E-state index is 0.00313. The lowest BCUT2D eigenvalue weighted by atomic mass is 9.92. The Labute approximate surface area is 298 Å². The number of nitrogens with one attached hydrogen (secondary N) is 4. The summed E-state index contributed by atoms with van der Waals surface area (Å²) >= 11 is 0. The number of hydrogen-bond acceptors (Lipinski definition) is 12. The van der Waals surface area contributed by atoms with Crippen LogP contribution in [0.4, 0.5) is 4.79 Å². The van der Waals surface area contributed by atoms with Gasteiger partial charge in [0, 0.05) is 13.0 Å². The van der Waals surface area contributed by atoms with E-state index in [0.29, 0.717) is 6.34 Å². The van der Waals surface area contributed by atoms with Crippen molar-refractivity contribution in [2.45, 2.75) is 129 Å². The van der Waals surface area contributed by atoms with Crippen LogP contribution in [-0.4, -0.2) is 95.0 Å². The number of nitriles is 1. The van der Waals surface area contributed by atoms with Gasteiger partial charge in [-0.05, 0) is 78.4 Å². The molecule has 5 atom stereocenters. The summed E-state index contributed by atoms with van der Waals surface area (Å²) in [4.78, 5) is 58.8. The van der Waals surface area contributed by atoms with E-state index in [1.54, 1.807) is 55.4 Å². The average Bonchev–Trinajstić information content (AvgIpc) is 3.79. The zero-order valence-electron chi connectivity index (χ0n) is 30.7. The molecule has 1 aromatic rings. The van der Waals surface area contributed by atoms with E-state index in [9.17, 15) is 29.5 Å². The van der Waals surface area contributed by atoms with Crippen LogP contribution in [0.25, 0.3) is 0 Å². The minimum Gasteiger partial charge on any atom is -0.463 e. The number of rotatable bonds is 14. The predicted molar refractivity (Wildman–Crippen MR) is 184 cm³/mol. The quantitative estimate of drug-likeness (QED) is 0.0810. The summed E-state index contributed by atoms with van der Waals surface area (Å²) < 4.78 is 28.3. The maximum atomic E-state index is 13.6. The van der Waals surface area contributed by atoms with Crippen LogP contribution in [0.2, 0.25) is 0 Å². The van der Waals surface area contributed by atoms with Crippen molar-refractivity contribution in [2.75, 3.05) is 13.2 Å². The minimum atomic E-state index is -2.19. The smallest absolute Gasteiger partial charge is 0.408 e. The summed E-state index contributed by atoms with van der Waals surface area (Å²) in [5, 5.41) is 34.9. The second-order valence-corrected chi connectivity index (χ2v) is 14.5. The lowest BCUT2D eigenvalue weighted by Crippen LogP contribution is -2.50. The molecule has 0 radical (unpaired) electrons. The molecule has 51 heavy (non-hydrogen) atoms. The molecule has 0 bridgehead atoms. The molecule has 1 aromatic heterocycles. The van der Waals surface area contributed by atoms with Crippen LogP contribution in [0, 0.1) is 28.6 Å². The summed E-state index contributed by atoms with van der Waals surface area (Å²) in [5.41, 5.74) is -4.12. The number of H-pyrrole nitrogens is 1. The van der Waals surface area contributed by atoms with Gasteiger partial charge in [-0.3, -0.25) is 15.0 Å². The molecule has 0 aromatic carbocycles. The Morgan fingerprint density at radius 2 is 1.86 bits per heavy atom. The fourth-order valence-electron chi connectivity index (χ4n) is 5.95. The van der Waals surface area contributed by atoms with Gasteiger partial charge in [-0.15, -0.1) is 0 Å². The number of alkyl carbamates (subject to hydrolysis) is 1. The van der Waals surface area contributed by atoms with E-state index in [4.69, 9.17) is 29.1 Å². The van der Waals surface area contributed by atoms with Crippen molar-refractivity contribution < 1.29 is 48.0 Å². The second-order valence-electron chi connectivity index (χ2n) is 14.5. The molecule has 5 N–H and O–H groups in total. The van der Waals surface area contributed by atoms with E-state index < -0.39 is 77.6 Å². The highest BCUT2D eigenvalue weighted by atomic mass is 16.6. The van der Waals surface area contributed by atoms with Gasteiger partial charge in [-0.25, -0.2) is 14.6 Å². The van der Waals surface area contributed by atoms with Gasteiger partial charge in [-0.2, -0.15) is 5.26 Å². The summed E-state index contributed by atoms with van der Waals surface area (Å²) in [6.45, 7) is 13.0. The van der Waals surface area contributed by atoms with Gasteiger partial charge in [0.1, 0.15) is 48.5 Å². The number of aliphatic hydroxyl groups is 1.